The second-order valence-corrected chi connectivity index (χ2v) is 7.23. The molecular formula is C20H24N2O3S. The zero-order chi connectivity index (χ0) is 19.0. The number of aryl methyl sites for hydroxylation is 1. The molecule has 0 aliphatic carbocycles. The van der Waals surface area contributed by atoms with Crippen molar-refractivity contribution in [3.8, 4) is 0 Å². The summed E-state index contributed by atoms with van der Waals surface area (Å²) in [6.07, 6.45) is 3.11. The maximum absolute atomic E-state index is 12.0. The molecule has 5 nitrogen and oxygen atoms in total. The second-order valence-electron chi connectivity index (χ2n) is 6.35. The van der Waals surface area contributed by atoms with E-state index in [-0.39, 0.29) is 6.54 Å². The Labute approximate surface area is 158 Å². The molecule has 2 amide bonds. The molecule has 0 heterocycles. The highest BCUT2D eigenvalue weighted by Crippen LogP contribution is 2.19. The maximum atomic E-state index is 12.0. The lowest BCUT2D eigenvalue weighted by Crippen LogP contribution is -2.44. The number of benzene rings is 2. The van der Waals surface area contributed by atoms with Crippen molar-refractivity contribution < 1.29 is 14.7 Å². The van der Waals surface area contributed by atoms with Crippen LogP contribution in [0.2, 0.25) is 0 Å². The van der Waals surface area contributed by atoms with Crippen molar-refractivity contribution in [2.75, 3.05) is 18.1 Å². The molecule has 0 bridgehead atoms. The van der Waals surface area contributed by atoms with Crippen LogP contribution in [0, 0.1) is 0 Å². The average molecular weight is 372 g/mol. The predicted molar refractivity (Wildman–Crippen MR) is 105 cm³/mol. The van der Waals surface area contributed by atoms with Crippen LogP contribution in [-0.2, 0) is 16.0 Å². The van der Waals surface area contributed by atoms with Gasteiger partial charge in [-0.3, -0.25) is 9.59 Å². The minimum atomic E-state index is -1.09. The number of anilines is 1. The number of rotatable bonds is 7. The van der Waals surface area contributed by atoms with Gasteiger partial charge < -0.3 is 15.7 Å². The summed E-state index contributed by atoms with van der Waals surface area (Å²) in [6, 6.07) is 17.1. The van der Waals surface area contributed by atoms with Crippen LogP contribution < -0.4 is 10.6 Å². The summed E-state index contributed by atoms with van der Waals surface area (Å²) < 4.78 is 0. The Hall–Kier alpha value is -2.31. The first-order chi connectivity index (χ1) is 12.4. The van der Waals surface area contributed by atoms with E-state index in [1.165, 1.54) is 0 Å². The van der Waals surface area contributed by atoms with Crippen molar-refractivity contribution in [1.82, 2.24) is 5.32 Å². The van der Waals surface area contributed by atoms with Crippen LogP contribution >= 0.6 is 11.8 Å². The van der Waals surface area contributed by atoms with E-state index < -0.39 is 17.4 Å². The molecule has 0 spiro atoms. The van der Waals surface area contributed by atoms with Crippen LogP contribution in [0.15, 0.2) is 59.5 Å². The van der Waals surface area contributed by atoms with Crippen molar-refractivity contribution in [1.29, 1.82) is 0 Å². The Kier molecular flexibility index (Phi) is 7.24. The lowest BCUT2D eigenvalue weighted by atomic mass is 9.97. The van der Waals surface area contributed by atoms with Gasteiger partial charge in [0.2, 0.25) is 0 Å². The smallest absolute Gasteiger partial charge is 0.313 e. The molecule has 0 fully saturated rings. The number of hydrogen-bond acceptors (Lipinski definition) is 4. The van der Waals surface area contributed by atoms with Crippen molar-refractivity contribution in [3.05, 3.63) is 60.2 Å². The van der Waals surface area contributed by atoms with Crippen LogP contribution in [0.25, 0.3) is 0 Å². The zero-order valence-electron chi connectivity index (χ0n) is 15.0. The summed E-state index contributed by atoms with van der Waals surface area (Å²) in [5.41, 5.74) is 0.586. The second kappa shape index (κ2) is 9.40. The number of thioether (sulfide) groups is 1. The van der Waals surface area contributed by atoms with E-state index in [1.807, 2.05) is 48.7 Å². The van der Waals surface area contributed by atoms with E-state index in [1.54, 1.807) is 30.8 Å². The van der Waals surface area contributed by atoms with Gasteiger partial charge in [0.15, 0.2) is 0 Å². The van der Waals surface area contributed by atoms with E-state index in [0.717, 1.165) is 10.5 Å². The standard InChI is InChI=1S/C20H24N2O3S/c1-20(25,12-11-15-7-4-3-5-8-15)14-21-18(23)19(24)22-16-9-6-10-17(13-16)26-2/h3-10,13,25H,11-12,14H2,1-2H3,(H,21,23)(H,22,24). The third-order valence-corrected chi connectivity index (χ3v) is 4.68. The molecule has 0 aliphatic rings. The van der Waals surface area contributed by atoms with Crippen molar-refractivity contribution >= 4 is 29.3 Å². The molecule has 0 aliphatic heterocycles. The Morgan fingerprint density at radius 2 is 1.81 bits per heavy atom. The van der Waals surface area contributed by atoms with Crippen molar-refractivity contribution in [2.45, 2.75) is 30.3 Å². The lowest BCUT2D eigenvalue weighted by Gasteiger charge is -2.23. The molecule has 0 saturated carbocycles. The Balaban J connectivity index is 1.81. The molecule has 1 atom stereocenters. The van der Waals surface area contributed by atoms with Crippen LogP contribution in [0.3, 0.4) is 0 Å². The number of aliphatic hydroxyl groups is 1. The minimum absolute atomic E-state index is 0.0109. The SMILES string of the molecule is CSc1cccc(NC(=O)C(=O)NCC(C)(O)CCc2ccccc2)c1. The number of nitrogens with one attached hydrogen (secondary N) is 2. The molecule has 2 aromatic carbocycles. The highest BCUT2D eigenvalue weighted by molar-refractivity contribution is 7.98. The molecule has 2 rings (SSSR count). The van der Waals surface area contributed by atoms with Gasteiger partial charge in [0.25, 0.3) is 0 Å². The summed E-state index contributed by atoms with van der Waals surface area (Å²) in [6.45, 7) is 1.66. The fourth-order valence-corrected chi connectivity index (χ4v) is 2.85. The fraction of sp³-hybridized carbons (Fsp3) is 0.300. The predicted octanol–water partition coefficient (Wildman–Crippen LogP) is 2.85. The first-order valence-electron chi connectivity index (χ1n) is 8.39. The molecule has 138 valence electrons. The zero-order valence-corrected chi connectivity index (χ0v) is 15.8. The largest absolute Gasteiger partial charge is 0.388 e. The summed E-state index contributed by atoms with van der Waals surface area (Å²) in [4.78, 5) is 25.0. The number of hydrogen-bond donors (Lipinski definition) is 3. The van der Waals surface area contributed by atoms with Crippen LogP contribution in [0.4, 0.5) is 5.69 Å². The van der Waals surface area contributed by atoms with Crippen molar-refractivity contribution in [2.24, 2.45) is 0 Å². The summed E-state index contributed by atoms with van der Waals surface area (Å²) in [7, 11) is 0. The summed E-state index contributed by atoms with van der Waals surface area (Å²) in [5.74, 6) is -1.51. The molecule has 3 N–H and O–H groups in total. The van der Waals surface area contributed by atoms with E-state index in [0.29, 0.717) is 18.5 Å². The van der Waals surface area contributed by atoms with E-state index in [2.05, 4.69) is 10.6 Å². The van der Waals surface area contributed by atoms with E-state index in [4.69, 9.17) is 0 Å². The fourth-order valence-electron chi connectivity index (χ4n) is 2.39. The lowest BCUT2D eigenvalue weighted by molar-refractivity contribution is -0.136. The van der Waals surface area contributed by atoms with Gasteiger partial charge in [-0.1, -0.05) is 36.4 Å². The molecule has 0 radical (unpaired) electrons. The van der Waals surface area contributed by atoms with Crippen LogP contribution in [-0.4, -0.2) is 35.3 Å². The van der Waals surface area contributed by atoms with Gasteiger partial charge in [0.1, 0.15) is 0 Å². The van der Waals surface area contributed by atoms with Gasteiger partial charge in [0.05, 0.1) is 5.60 Å². The van der Waals surface area contributed by atoms with Crippen LogP contribution in [0.5, 0.6) is 0 Å². The average Bonchev–Trinajstić information content (AvgIpc) is 2.65. The number of carbonyl (C=O) groups is 2. The molecule has 1 unspecified atom stereocenters. The topological polar surface area (TPSA) is 78.4 Å². The van der Waals surface area contributed by atoms with E-state index >= 15 is 0 Å². The summed E-state index contributed by atoms with van der Waals surface area (Å²) in [5, 5.41) is 15.5. The van der Waals surface area contributed by atoms with E-state index in [9.17, 15) is 14.7 Å². The molecule has 0 saturated heterocycles. The van der Waals surface area contributed by atoms with Gasteiger partial charge in [-0.2, -0.15) is 0 Å². The van der Waals surface area contributed by atoms with Gasteiger partial charge >= 0.3 is 11.8 Å². The molecule has 2 aromatic rings. The highest BCUT2D eigenvalue weighted by atomic mass is 32.2. The van der Waals surface area contributed by atoms with Gasteiger partial charge in [-0.05, 0) is 49.8 Å². The molecule has 6 heteroatoms. The maximum Gasteiger partial charge on any atom is 0.313 e. The molecular weight excluding hydrogens is 348 g/mol. The molecule has 0 aromatic heterocycles. The Morgan fingerprint density at radius 3 is 2.50 bits per heavy atom. The van der Waals surface area contributed by atoms with Gasteiger partial charge in [0, 0.05) is 17.1 Å². The Bertz CT molecular complexity index is 748. The first-order valence-corrected chi connectivity index (χ1v) is 9.62. The highest BCUT2D eigenvalue weighted by Gasteiger charge is 2.23. The monoisotopic (exact) mass is 372 g/mol. The normalized spacial score (nSPS) is 12.9. The minimum Gasteiger partial charge on any atom is -0.388 e. The third-order valence-electron chi connectivity index (χ3n) is 3.96. The molecule has 26 heavy (non-hydrogen) atoms. The quantitative estimate of drug-likeness (QED) is 0.516. The van der Waals surface area contributed by atoms with Crippen LogP contribution in [0.1, 0.15) is 18.9 Å². The van der Waals surface area contributed by atoms with Crippen molar-refractivity contribution in [3.63, 3.8) is 0 Å². The number of amides is 2. The first kappa shape index (κ1) is 20.0. The Morgan fingerprint density at radius 1 is 1.08 bits per heavy atom. The third kappa shape index (κ3) is 6.54. The number of carbonyl (C=O) groups excluding carboxylic acids is 2. The summed E-state index contributed by atoms with van der Waals surface area (Å²) >= 11 is 1.55. The van der Waals surface area contributed by atoms with Gasteiger partial charge in [-0.15, -0.1) is 11.8 Å². The van der Waals surface area contributed by atoms with Gasteiger partial charge in [-0.25, -0.2) is 0 Å².